The van der Waals surface area contributed by atoms with E-state index in [4.69, 9.17) is 10.5 Å². The molecule has 1 aliphatic carbocycles. The van der Waals surface area contributed by atoms with Gasteiger partial charge in [-0.15, -0.1) is 0 Å². The fourth-order valence-electron chi connectivity index (χ4n) is 3.60. The van der Waals surface area contributed by atoms with Gasteiger partial charge >= 0.3 is 5.97 Å². The number of hydrogen-bond donors (Lipinski definition) is 1. The highest BCUT2D eigenvalue weighted by Crippen LogP contribution is 2.42. The van der Waals surface area contributed by atoms with Crippen LogP contribution in [0.15, 0.2) is 12.1 Å². The molecule has 0 amide bonds. The Hall–Kier alpha value is -1.35. The van der Waals surface area contributed by atoms with Crippen molar-refractivity contribution in [3.8, 4) is 0 Å². The zero-order valence-corrected chi connectivity index (χ0v) is 12.2. The van der Waals surface area contributed by atoms with Gasteiger partial charge < -0.3 is 10.5 Å². The first-order chi connectivity index (χ1) is 8.95. The minimum atomic E-state index is -0.204. The van der Waals surface area contributed by atoms with Crippen molar-refractivity contribution in [1.29, 1.82) is 0 Å². The second-order valence-corrected chi connectivity index (χ2v) is 5.71. The molecule has 0 heterocycles. The van der Waals surface area contributed by atoms with E-state index in [2.05, 4.69) is 32.9 Å². The van der Waals surface area contributed by atoms with Crippen LogP contribution in [-0.2, 0) is 9.53 Å². The van der Waals surface area contributed by atoms with Gasteiger partial charge in [0.1, 0.15) is 0 Å². The summed E-state index contributed by atoms with van der Waals surface area (Å²) < 4.78 is 4.94. The third kappa shape index (κ3) is 2.52. The highest BCUT2D eigenvalue weighted by molar-refractivity contribution is 5.75. The number of benzene rings is 1. The molecular formula is C16H23NO2. The Bertz CT molecular complexity index is 473. The van der Waals surface area contributed by atoms with E-state index in [9.17, 15) is 4.79 Å². The van der Waals surface area contributed by atoms with E-state index < -0.39 is 0 Å². The van der Waals surface area contributed by atoms with Crippen LogP contribution in [0.2, 0.25) is 0 Å². The van der Waals surface area contributed by atoms with Gasteiger partial charge in [-0.1, -0.05) is 17.7 Å². The highest BCUT2D eigenvalue weighted by atomic mass is 16.5. The molecule has 19 heavy (non-hydrogen) atoms. The quantitative estimate of drug-likeness (QED) is 0.833. The predicted molar refractivity (Wildman–Crippen MR) is 76.1 cm³/mol. The summed E-state index contributed by atoms with van der Waals surface area (Å²) in [5, 5.41) is 0. The maximum Gasteiger partial charge on any atom is 0.310 e. The first kappa shape index (κ1) is 14.1. The number of carbonyl (C=O) groups is 1. The van der Waals surface area contributed by atoms with Gasteiger partial charge in [-0.05, 0) is 56.2 Å². The number of carbonyl (C=O) groups excluding carboxylic acids is 1. The van der Waals surface area contributed by atoms with Gasteiger partial charge in [0.15, 0.2) is 0 Å². The number of esters is 1. The Labute approximate surface area is 115 Å². The summed E-state index contributed by atoms with van der Waals surface area (Å²) in [5.41, 5.74) is 11.2. The minimum Gasteiger partial charge on any atom is -0.469 e. The molecule has 1 aromatic carbocycles. The molecule has 1 saturated carbocycles. The van der Waals surface area contributed by atoms with E-state index in [0.717, 1.165) is 12.8 Å². The number of aryl methyl sites for hydroxylation is 3. The lowest BCUT2D eigenvalue weighted by Gasteiger charge is -2.24. The summed E-state index contributed by atoms with van der Waals surface area (Å²) in [6, 6.07) is 4.28. The summed E-state index contributed by atoms with van der Waals surface area (Å²) in [7, 11) is 1.44. The van der Waals surface area contributed by atoms with Crippen molar-refractivity contribution in [3.05, 3.63) is 34.4 Å². The summed E-state index contributed by atoms with van der Waals surface area (Å²) in [5.74, 6) is -0.178. The Morgan fingerprint density at radius 3 is 2.32 bits per heavy atom. The smallest absolute Gasteiger partial charge is 0.310 e. The van der Waals surface area contributed by atoms with Crippen LogP contribution in [0, 0.1) is 26.7 Å². The lowest BCUT2D eigenvalue weighted by Crippen LogP contribution is -2.34. The Kier molecular flexibility index (Phi) is 3.95. The molecule has 2 N–H and O–H groups in total. The van der Waals surface area contributed by atoms with E-state index in [1.807, 2.05) is 0 Å². The van der Waals surface area contributed by atoms with Crippen LogP contribution in [0.5, 0.6) is 0 Å². The van der Waals surface area contributed by atoms with Crippen molar-refractivity contribution in [3.63, 3.8) is 0 Å². The van der Waals surface area contributed by atoms with Crippen LogP contribution in [-0.4, -0.2) is 19.1 Å². The van der Waals surface area contributed by atoms with Gasteiger partial charge in [-0.25, -0.2) is 0 Å². The van der Waals surface area contributed by atoms with E-state index in [0.29, 0.717) is 0 Å². The van der Waals surface area contributed by atoms with Crippen LogP contribution >= 0.6 is 0 Å². The molecule has 3 heteroatoms. The molecule has 3 atom stereocenters. The zero-order valence-electron chi connectivity index (χ0n) is 12.2. The van der Waals surface area contributed by atoms with Gasteiger partial charge in [0, 0.05) is 6.04 Å². The largest absolute Gasteiger partial charge is 0.469 e. The first-order valence-electron chi connectivity index (χ1n) is 6.87. The number of ether oxygens (including phenoxy) is 1. The third-order valence-corrected chi connectivity index (χ3v) is 4.29. The van der Waals surface area contributed by atoms with Crippen molar-refractivity contribution < 1.29 is 9.53 Å². The molecule has 1 aliphatic rings. The standard InChI is InChI=1S/C16H23NO2/c1-9-7-10(2)14(11(3)8-9)12-5-6-13(17)15(12)16(18)19-4/h7-8,12-13,15H,5-6,17H2,1-4H3/t12-,13+,15-/m0/s1. The van der Waals surface area contributed by atoms with Crippen LogP contribution in [0.4, 0.5) is 0 Å². The topological polar surface area (TPSA) is 52.3 Å². The van der Waals surface area contributed by atoms with Gasteiger partial charge in [-0.2, -0.15) is 0 Å². The van der Waals surface area contributed by atoms with Crippen LogP contribution < -0.4 is 5.73 Å². The fraction of sp³-hybridized carbons (Fsp3) is 0.562. The molecule has 1 aromatic rings. The SMILES string of the molecule is COC(=O)[C@@H]1[C@H](N)CC[C@H]1c1c(C)cc(C)cc1C. The van der Waals surface area contributed by atoms with E-state index in [1.165, 1.54) is 29.4 Å². The van der Waals surface area contributed by atoms with Gasteiger partial charge in [0.25, 0.3) is 0 Å². The molecule has 1 fully saturated rings. The molecule has 0 saturated heterocycles. The fourth-order valence-corrected chi connectivity index (χ4v) is 3.60. The monoisotopic (exact) mass is 261 g/mol. The highest BCUT2D eigenvalue weighted by Gasteiger charge is 2.41. The van der Waals surface area contributed by atoms with E-state index >= 15 is 0 Å². The molecule has 0 radical (unpaired) electrons. The maximum atomic E-state index is 12.0. The summed E-state index contributed by atoms with van der Waals surface area (Å²) in [6.07, 6.45) is 1.85. The van der Waals surface area contributed by atoms with E-state index in [1.54, 1.807) is 0 Å². The number of nitrogens with two attached hydrogens (primary N) is 1. The van der Waals surface area contributed by atoms with Crippen molar-refractivity contribution in [2.45, 2.75) is 45.6 Å². The normalized spacial score (nSPS) is 26.5. The van der Waals surface area contributed by atoms with Gasteiger partial charge in [-0.3, -0.25) is 4.79 Å². The Balaban J connectivity index is 2.43. The summed E-state index contributed by atoms with van der Waals surface area (Å²) in [6.45, 7) is 6.34. The van der Waals surface area contributed by atoms with Gasteiger partial charge in [0.05, 0.1) is 13.0 Å². The Morgan fingerprint density at radius 2 is 1.79 bits per heavy atom. The van der Waals surface area contributed by atoms with Crippen molar-refractivity contribution in [2.75, 3.05) is 7.11 Å². The van der Waals surface area contributed by atoms with Gasteiger partial charge in [0.2, 0.25) is 0 Å². The molecule has 3 nitrogen and oxygen atoms in total. The lowest BCUT2D eigenvalue weighted by molar-refractivity contribution is -0.146. The first-order valence-corrected chi connectivity index (χ1v) is 6.87. The molecule has 0 unspecified atom stereocenters. The zero-order chi connectivity index (χ0) is 14.2. The lowest BCUT2D eigenvalue weighted by atomic mass is 9.82. The molecular weight excluding hydrogens is 238 g/mol. The second kappa shape index (κ2) is 5.33. The second-order valence-electron chi connectivity index (χ2n) is 5.71. The molecule has 0 spiro atoms. The van der Waals surface area contributed by atoms with Crippen molar-refractivity contribution in [1.82, 2.24) is 0 Å². The summed E-state index contributed by atoms with van der Waals surface area (Å²) in [4.78, 5) is 12.0. The Morgan fingerprint density at radius 1 is 1.21 bits per heavy atom. The number of rotatable bonds is 2. The molecule has 2 rings (SSSR count). The van der Waals surface area contributed by atoms with Crippen LogP contribution in [0.25, 0.3) is 0 Å². The van der Waals surface area contributed by atoms with Crippen molar-refractivity contribution in [2.24, 2.45) is 11.7 Å². The molecule has 0 bridgehead atoms. The average molecular weight is 261 g/mol. The number of hydrogen-bond acceptors (Lipinski definition) is 3. The molecule has 0 aliphatic heterocycles. The third-order valence-electron chi connectivity index (χ3n) is 4.29. The molecule has 0 aromatic heterocycles. The average Bonchev–Trinajstić information content (AvgIpc) is 2.69. The van der Waals surface area contributed by atoms with Crippen LogP contribution in [0.1, 0.15) is 41.0 Å². The van der Waals surface area contributed by atoms with E-state index in [-0.39, 0.29) is 23.8 Å². The predicted octanol–water partition coefficient (Wildman–Crippen LogP) is 2.61. The van der Waals surface area contributed by atoms with Crippen molar-refractivity contribution >= 4 is 5.97 Å². The van der Waals surface area contributed by atoms with Crippen LogP contribution in [0.3, 0.4) is 0 Å². The maximum absolute atomic E-state index is 12.0. The minimum absolute atomic E-state index is 0.0856. The summed E-state index contributed by atoms with van der Waals surface area (Å²) >= 11 is 0. The molecule has 104 valence electrons. The number of methoxy groups -OCH3 is 1.